The van der Waals surface area contributed by atoms with Crippen molar-refractivity contribution in [3.05, 3.63) is 54.6 Å². The molecule has 2 aromatic rings. The number of nitrogens with zero attached hydrogens (tertiary/aromatic N) is 1. The molecule has 23 heavy (non-hydrogen) atoms. The summed E-state index contributed by atoms with van der Waals surface area (Å²) in [5.41, 5.74) is 0.904. The van der Waals surface area contributed by atoms with Crippen LogP contribution in [0, 0.1) is 0 Å². The zero-order valence-electron chi connectivity index (χ0n) is 13.6. The minimum absolute atomic E-state index is 0.504. The molecule has 1 N–H and O–H groups in total. The summed E-state index contributed by atoms with van der Waals surface area (Å²) in [6.07, 6.45) is 1.46. The van der Waals surface area contributed by atoms with Crippen molar-refractivity contribution < 1.29 is 14.6 Å². The van der Waals surface area contributed by atoms with E-state index in [-0.39, 0.29) is 0 Å². The van der Waals surface area contributed by atoms with E-state index in [1.807, 2.05) is 66.4 Å². The van der Waals surface area contributed by atoms with E-state index >= 15 is 0 Å². The lowest BCUT2D eigenvalue weighted by Crippen LogP contribution is -2.41. The largest absolute Gasteiger partial charge is 0.480 e. The summed E-state index contributed by atoms with van der Waals surface area (Å²) in [5, 5.41) is 9.41. The first-order valence-electron chi connectivity index (χ1n) is 7.98. The standard InChI is InChI=1S/C19H23NO3/c1-3-14-20(18(4-2)19(21)22)15-10-12-17(13-11-15)23-16-8-6-5-7-9-16/h5-13,18H,3-4,14H2,1-2H3,(H,21,22)/t18-/m1/s1. The van der Waals surface area contributed by atoms with Crippen LogP contribution in [-0.4, -0.2) is 23.7 Å². The Morgan fingerprint density at radius 3 is 2.17 bits per heavy atom. The highest BCUT2D eigenvalue weighted by Gasteiger charge is 2.23. The quantitative estimate of drug-likeness (QED) is 0.776. The van der Waals surface area contributed by atoms with Crippen molar-refractivity contribution in [3.8, 4) is 11.5 Å². The minimum Gasteiger partial charge on any atom is -0.480 e. The zero-order chi connectivity index (χ0) is 16.7. The van der Waals surface area contributed by atoms with Gasteiger partial charge in [-0.05, 0) is 49.2 Å². The van der Waals surface area contributed by atoms with E-state index in [2.05, 4.69) is 6.92 Å². The second kappa shape index (κ2) is 8.22. The molecule has 0 aliphatic rings. The van der Waals surface area contributed by atoms with Gasteiger partial charge < -0.3 is 14.7 Å². The Bertz CT molecular complexity index is 610. The van der Waals surface area contributed by atoms with Gasteiger partial charge in [0, 0.05) is 12.2 Å². The Morgan fingerprint density at radius 1 is 1.04 bits per heavy atom. The maximum absolute atomic E-state index is 11.5. The minimum atomic E-state index is -0.787. The van der Waals surface area contributed by atoms with Crippen LogP contribution in [0.4, 0.5) is 5.69 Å². The average Bonchev–Trinajstić information content (AvgIpc) is 2.56. The van der Waals surface area contributed by atoms with Gasteiger partial charge in [0.25, 0.3) is 0 Å². The summed E-state index contributed by atoms with van der Waals surface area (Å²) >= 11 is 0. The van der Waals surface area contributed by atoms with Crippen LogP contribution >= 0.6 is 0 Å². The van der Waals surface area contributed by atoms with Crippen molar-refractivity contribution in [2.24, 2.45) is 0 Å². The molecule has 0 bridgehead atoms. The van der Waals surface area contributed by atoms with Gasteiger partial charge in [-0.15, -0.1) is 0 Å². The van der Waals surface area contributed by atoms with Crippen molar-refractivity contribution in [1.29, 1.82) is 0 Å². The number of carboxylic acid groups (broad SMARTS) is 1. The molecule has 0 fully saturated rings. The molecule has 0 aromatic heterocycles. The number of benzene rings is 2. The maximum atomic E-state index is 11.5. The third kappa shape index (κ3) is 4.49. The van der Waals surface area contributed by atoms with Gasteiger partial charge in [-0.2, -0.15) is 0 Å². The van der Waals surface area contributed by atoms with Crippen LogP contribution < -0.4 is 9.64 Å². The summed E-state index contributed by atoms with van der Waals surface area (Å²) in [6, 6.07) is 16.7. The first-order valence-corrected chi connectivity index (χ1v) is 7.98. The van der Waals surface area contributed by atoms with Crippen molar-refractivity contribution in [2.45, 2.75) is 32.7 Å². The normalized spacial score (nSPS) is 11.7. The molecule has 0 saturated heterocycles. The molecular weight excluding hydrogens is 290 g/mol. The second-order valence-corrected chi connectivity index (χ2v) is 5.36. The fourth-order valence-electron chi connectivity index (χ4n) is 2.56. The van der Waals surface area contributed by atoms with Crippen LogP contribution in [-0.2, 0) is 4.79 Å². The van der Waals surface area contributed by atoms with E-state index in [1.54, 1.807) is 0 Å². The number of hydrogen-bond acceptors (Lipinski definition) is 3. The molecule has 122 valence electrons. The molecular formula is C19H23NO3. The predicted octanol–water partition coefficient (Wildman–Crippen LogP) is 4.56. The maximum Gasteiger partial charge on any atom is 0.326 e. The van der Waals surface area contributed by atoms with E-state index in [4.69, 9.17) is 4.74 Å². The molecule has 0 unspecified atom stereocenters. The molecule has 0 heterocycles. The van der Waals surface area contributed by atoms with Crippen molar-refractivity contribution in [2.75, 3.05) is 11.4 Å². The molecule has 1 atom stereocenters. The Balaban J connectivity index is 2.16. The Labute approximate surface area is 137 Å². The number of carbonyl (C=O) groups is 1. The fourth-order valence-corrected chi connectivity index (χ4v) is 2.56. The molecule has 0 amide bonds. The molecule has 4 nitrogen and oxygen atoms in total. The zero-order valence-corrected chi connectivity index (χ0v) is 13.6. The lowest BCUT2D eigenvalue weighted by molar-refractivity contribution is -0.138. The number of hydrogen-bond donors (Lipinski definition) is 1. The van der Waals surface area contributed by atoms with Crippen molar-refractivity contribution in [1.82, 2.24) is 0 Å². The van der Waals surface area contributed by atoms with Gasteiger partial charge in [-0.25, -0.2) is 4.79 Å². The van der Waals surface area contributed by atoms with Gasteiger partial charge in [0.1, 0.15) is 17.5 Å². The molecule has 0 spiro atoms. The third-order valence-electron chi connectivity index (χ3n) is 3.66. The molecule has 2 rings (SSSR count). The van der Waals surface area contributed by atoms with Crippen LogP contribution in [0.25, 0.3) is 0 Å². The predicted molar refractivity (Wildman–Crippen MR) is 92.3 cm³/mol. The third-order valence-corrected chi connectivity index (χ3v) is 3.66. The second-order valence-electron chi connectivity index (χ2n) is 5.36. The van der Waals surface area contributed by atoms with Gasteiger partial charge in [0.05, 0.1) is 0 Å². The molecule has 0 aliphatic heterocycles. The molecule has 0 radical (unpaired) electrons. The summed E-state index contributed by atoms with van der Waals surface area (Å²) in [7, 11) is 0. The van der Waals surface area contributed by atoms with E-state index < -0.39 is 12.0 Å². The van der Waals surface area contributed by atoms with Gasteiger partial charge >= 0.3 is 5.97 Å². The average molecular weight is 313 g/mol. The highest BCUT2D eigenvalue weighted by atomic mass is 16.5. The Kier molecular flexibility index (Phi) is 6.03. The highest BCUT2D eigenvalue weighted by molar-refractivity contribution is 5.78. The number of anilines is 1. The van der Waals surface area contributed by atoms with Crippen LogP contribution in [0.1, 0.15) is 26.7 Å². The van der Waals surface area contributed by atoms with Gasteiger partial charge in [0.15, 0.2) is 0 Å². The smallest absolute Gasteiger partial charge is 0.326 e. The monoisotopic (exact) mass is 313 g/mol. The van der Waals surface area contributed by atoms with Gasteiger partial charge in [-0.1, -0.05) is 32.0 Å². The van der Waals surface area contributed by atoms with Crippen molar-refractivity contribution in [3.63, 3.8) is 0 Å². The Hall–Kier alpha value is -2.49. The number of aliphatic carboxylic acids is 1. The lowest BCUT2D eigenvalue weighted by Gasteiger charge is -2.30. The van der Waals surface area contributed by atoms with Crippen molar-refractivity contribution >= 4 is 11.7 Å². The number of para-hydroxylation sites is 1. The summed E-state index contributed by atoms with van der Waals surface area (Å²) in [6.45, 7) is 4.66. The topological polar surface area (TPSA) is 49.8 Å². The summed E-state index contributed by atoms with van der Waals surface area (Å²) in [4.78, 5) is 13.4. The van der Waals surface area contributed by atoms with Gasteiger partial charge in [0.2, 0.25) is 0 Å². The van der Waals surface area contributed by atoms with Crippen LogP contribution in [0.5, 0.6) is 11.5 Å². The van der Waals surface area contributed by atoms with E-state index in [0.29, 0.717) is 13.0 Å². The molecule has 0 saturated carbocycles. The summed E-state index contributed by atoms with van der Waals surface area (Å²) in [5.74, 6) is 0.730. The van der Waals surface area contributed by atoms with Crippen LogP contribution in [0.3, 0.4) is 0 Å². The summed E-state index contributed by atoms with van der Waals surface area (Å²) < 4.78 is 5.77. The first kappa shape index (κ1) is 16.9. The van der Waals surface area contributed by atoms with E-state index in [0.717, 1.165) is 23.6 Å². The molecule has 2 aromatic carbocycles. The van der Waals surface area contributed by atoms with Crippen LogP contribution in [0.2, 0.25) is 0 Å². The Morgan fingerprint density at radius 2 is 1.65 bits per heavy atom. The first-order chi connectivity index (χ1) is 11.2. The van der Waals surface area contributed by atoms with Gasteiger partial charge in [-0.3, -0.25) is 0 Å². The van der Waals surface area contributed by atoms with E-state index in [9.17, 15) is 9.90 Å². The number of carboxylic acids is 1. The van der Waals surface area contributed by atoms with E-state index in [1.165, 1.54) is 0 Å². The fraction of sp³-hybridized carbons (Fsp3) is 0.316. The molecule has 4 heteroatoms. The molecule has 0 aliphatic carbocycles. The number of ether oxygens (including phenoxy) is 1. The highest BCUT2D eigenvalue weighted by Crippen LogP contribution is 2.26. The SMILES string of the molecule is CCCN(c1ccc(Oc2ccccc2)cc1)[C@H](CC)C(=O)O. The lowest BCUT2D eigenvalue weighted by atomic mass is 10.1. The number of rotatable bonds is 8. The van der Waals surface area contributed by atoms with Crippen LogP contribution in [0.15, 0.2) is 54.6 Å².